The third kappa shape index (κ3) is 7.20. The van der Waals surface area contributed by atoms with Crippen molar-refractivity contribution in [3.8, 4) is 17.6 Å². The van der Waals surface area contributed by atoms with Crippen molar-refractivity contribution < 1.29 is 13.9 Å². The first-order valence-electron chi connectivity index (χ1n) is 12.3. The second kappa shape index (κ2) is 13.4. The predicted octanol–water partition coefficient (Wildman–Crippen LogP) is 6.28. The van der Waals surface area contributed by atoms with Gasteiger partial charge >= 0.3 is 0 Å². The first kappa shape index (κ1) is 28.4. The minimum absolute atomic E-state index is 0.0244. The Morgan fingerprint density at radius 1 is 1.15 bits per heavy atom. The molecule has 4 aromatic rings. The maximum absolute atomic E-state index is 15.0. The van der Waals surface area contributed by atoms with E-state index >= 15 is 0 Å². The average Bonchev–Trinajstić information content (AvgIpc) is 2.93. The molecule has 0 bridgehead atoms. The number of nitrogens with two attached hydrogens (primary N) is 2. The summed E-state index contributed by atoms with van der Waals surface area (Å²) < 4.78 is 26.0. The number of anilines is 3. The number of ether oxygens (including phenoxy) is 2. The number of nitrogen functional groups attached to an aromatic ring is 1. The number of rotatable bonds is 8. The Kier molecular flexibility index (Phi) is 9.76. The molecule has 10 heteroatoms. The van der Waals surface area contributed by atoms with E-state index in [4.69, 9.17) is 20.9 Å². The van der Waals surface area contributed by atoms with E-state index in [9.17, 15) is 9.65 Å². The average molecular weight is 528 g/mol. The largest absolute Gasteiger partial charge is 0.492 e. The summed E-state index contributed by atoms with van der Waals surface area (Å²) in [7, 11) is 0. The van der Waals surface area contributed by atoms with Crippen LogP contribution in [0.15, 0.2) is 71.8 Å². The molecule has 5 N–H and O–H groups in total. The van der Waals surface area contributed by atoms with Gasteiger partial charge in [-0.2, -0.15) is 5.26 Å². The zero-order valence-corrected chi connectivity index (χ0v) is 22.2. The number of aryl methyl sites for hydroxylation is 1. The molecule has 4 rings (SSSR count). The van der Waals surface area contributed by atoms with Crippen molar-refractivity contribution in [1.82, 2.24) is 9.97 Å². The van der Waals surface area contributed by atoms with Crippen LogP contribution in [0.4, 0.5) is 27.1 Å². The van der Waals surface area contributed by atoms with Gasteiger partial charge in [0.05, 0.1) is 46.6 Å². The van der Waals surface area contributed by atoms with Crippen LogP contribution in [0, 0.1) is 24.1 Å². The molecule has 0 spiro atoms. The first-order valence-corrected chi connectivity index (χ1v) is 12.3. The molecule has 0 saturated carbocycles. The molecule has 2 aromatic heterocycles. The highest BCUT2D eigenvalue weighted by molar-refractivity contribution is 5.98. The number of benzene rings is 2. The molecule has 39 heavy (non-hydrogen) atoms. The highest BCUT2D eigenvalue weighted by Crippen LogP contribution is 2.35. The van der Waals surface area contributed by atoms with Crippen LogP contribution in [-0.4, -0.2) is 22.8 Å². The number of hydrogen-bond donors (Lipinski definition) is 3. The molecule has 200 valence electrons. The number of aromatic nitrogens is 2. The normalized spacial score (nSPS) is 11.0. The van der Waals surface area contributed by atoms with E-state index in [1.54, 1.807) is 24.4 Å². The Labute approximate surface area is 226 Å². The van der Waals surface area contributed by atoms with Gasteiger partial charge in [-0.05, 0) is 44.2 Å². The molecule has 0 atom stereocenters. The summed E-state index contributed by atoms with van der Waals surface area (Å²) in [5.74, 6) is 0.0822. The summed E-state index contributed by atoms with van der Waals surface area (Å²) in [5.41, 5.74) is 15.2. The summed E-state index contributed by atoms with van der Waals surface area (Å²) in [6, 6.07) is 13.3. The minimum Gasteiger partial charge on any atom is -0.492 e. The van der Waals surface area contributed by atoms with Crippen LogP contribution in [0.3, 0.4) is 0 Å². The van der Waals surface area contributed by atoms with Crippen LogP contribution in [-0.2, 0) is 0 Å². The number of nitrogens with one attached hydrogen (secondary N) is 1. The maximum atomic E-state index is 15.0. The predicted molar refractivity (Wildman–Crippen MR) is 153 cm³/mol. The van der Waals surface area contributed by atoms with Crippen LogP contribution in [0.25, 0.3) is 10.9 Å². The van der Waals surface area contributed by atoms with E-state index < -0.39 is 5.82 Å². The summed E-state index contributed by atoms with van der Waals surface area (Å²) >= 11 is 0. The van der Waals surface area contributed by atoms with Gasteiger partial charge in [0.1, 0.15) is 23.4 Å². The van der Waals surface area contributed by atoms with Crippen molar-refractivity contribution in [1.29, 1.82) is 5.26 Å². The van der Waals surface area contributed by atoms with Crippen molar-refractivity contribution in [3.63, 3.8) is 0 Å². The fourth-order valence-electron chi connectivity index (χ4n) is 3.44. The standard InChI is InChI=1S/C27H24FN7O2.C2H6/c1-3-36-25-12-24-20(11-22(25)30)27(17(13-29)14-34-24)35-23-7-6-19(10-21(23)28)37-26(31)8-9-32-18-5-4-16(2)33-15-18;1-2/h4-12,14-15H,3,30-31H2,1-2H3,(H,34,35);1-2H3/b26-8+,32-9?;. The lowest BCUT2D eigenvalue weighted by atomic mass is 10.1. The van der Waals surface area contributed by atoms with E-state index in [1.165, 1.54) is 30.6 Å². The van der Waals surface area contributed by atoms with E-state index in [2.05, 4.69) is 26.3 Å². The molecule has 0 aliphatic rings. The van der Waals surface area contributed by atoms with E-state index in [-0.39, 0.29) is 22.9 Å². The van der Waals surface area contributed by atoms with Gasteiger partial charge in [-0.15, -0.1) is 0 Å². The molecule has 0 aliphatic heterocycles. The summed E-state index contributed by atoms with van der Waals surface area (Å²) in [6.07, 6.45) is 5.96. The van der Waals surface area contributed by atoms with Gasteiger partial charge in [0.2, 0.25) is 0 Å². The molecule has 0 radical (unpaired) electrons. The van der Waals surface area contributed by atoms with Crippen molar-refractivity contribution in [2.45, 2.75) is 27.7 Å². The van der Waals surface area contributed by atoms with Crippen LogP contribution in [0.1, 0.15) is 32.0 Å². The highest BCUT2D eigenvalue weighted by atomic mass is 19.1. The van der Waals surface area contributed by atoms with Gasteiger partial charge in [-0.1, -0.05) is 13.8 Å². The fraction of sp³-hybridized carbons (Fsp3) is 0.172. The number of aliphatic imine (C=N–C) groups is 1. The Morgan fingerprint density at radius 2 is 1.95 bits per heavy atom. The Morgan fingerprint density at radius 3 is 2.62 bits per heavy atom. The quantitative estimate of drug-likeness (QED) is 0.138. The summed E-state index contributed by atoms with van der Waals surface area (Å²) in [6.45, 7) is 8.17. The maximum Gasteiger partial charge on any atom is 0.192 e. The van der Waals surface area contributed by atoms with Crippen LogP contribution < -0.4 is 26.3 Å². The zero-order chi connectivity index (χ0) is 28.4. The number of allylic oxidation sites excluding steroid dienone is 1. The number of halogens is 1. The van der Waals surface area contributed by atoms with Crippen LogP contribution >= 0.6 is 0 Å². The number of nitriles is 1. The Balaban J connectivity index is 0.00000205. The van der Waals surface area contributed by atoms with E-state index in [0.29, 0.717) is 40.3 Å². The topological polar surface area (TPSA) is 144 Å². The molecule has 9 nitrogen and oxygen atoms in total. The van der Waals surface area contributed by atoms with Gasteiger partial charge in [0.15, 0.2) is 5.88 Å². The summed E-state index contributed by atoms with van der Waals surface area (Å²) in [5, 5.41) is 13.1. The van der Waals surface area contributed by atoms with Crippen molar-refractivity contribution in [3.05, 3.63) is 83.9 Å². The minimum atomic E-state index is -0.613. The third-order valence-electron chi connectivity index (χ3n) is 5.21. The molecule has 0 saturated heterocycles. The van der Waals surface area contributed by atoms with Crippen molar-refractivity contribution in [2.75, 3.05) is 17.7 Å². The second-order valence-electron chi connectivity index (χ2n) is 7.87. The molecule has 2 heterocycles. The van der Waals surface area contributed by atoms with Crippen molar-refractivity contribution in [2.24, 2.45) is 10.7 Å². The molecular formula is C29H30FN7O2. The highest BCUT2D eigenvalue weighted by Gasteiger charge is 2.15. The van der Waals surface area contributed by atoms with Crippen molar-refractivity contribution >= 4 is 39.9 Å². The number of nitrogens with zero attached hydrogens (tertiary/aromatic N) is 4. The third-order valence-corrected chi connectivity index (χ3v) is 5.21. The molecule has 2 aromatic carbocycles. The van der Waals surface area contributed by atoms with Gasteiger partial charge in [-0.3, -0.25) is 15.0 Å². The van der Waals surface area contributed by atoms with Gasteiger partial charge in [0.25, 0.3) is 0 Å². The molecule has 0 aliphatic carbocycles. The molecular weight excluding hydrogens is 497 g/mol. The van der Waals surface area contributed by atoms with Gasteiger partial charge in [0, 0.05) is 41.7 Å². The zero-order valence-electron chi connectivity index (χ0n) is 22.2. The number of fused-ring (bicyclic) bond motifs is 1. The molecule has 0 amide bonds. The molecule has 0 fully saturated rings. The SMILES string of the molecule is CC.CCOc1cc2ncc(C#N)c(Nc3ccc(O/C(N)=C/C=Nc4ccc(C)nc4)cc3F)c2cc1N. The lowest BCUT2D eigenvalue weighted by Crippen LogP contribution is -2.06. The van der Waals surface area contributed by atoms with E-state index in [0.717, 1.165) is 5.69 Å². The Bertz CT molecular complexity index is 1540. The van der Waals surface area contributed by atoms with Crippen LogP contribution in [0.5, 0.6) is 11.5 Å². The van der Waals surface area contributed by atoms with Gasteiger partial charge in [-0.25, -0.2) is 4.39 Å². The first-order chi connectivity index (χ1) is 18.9. The number of hydrogen-bond acceptors (Lipinski definition) is 9. The second-order valence-corrected chi connectivity index (χ2v) is 7.87. The lowest BCUT2D eigenvalue weighted by molar-refractivity contribution is 0.342. The van der Waals surface area contributed by atoms with E-state index in [1.807, 2.05) is 39.8 Å². The smallest absolute Gasteiger partial charge is 0.192 e. The summed E-state index contributed by atoms with van der Waals surface area (Å²) in [4.78, 5) is 12.7. The lowest BCUT2D eigenvalue weighted by Gasteiger charge is -2.15. The molecule has 0 unspecified atom stereocenters. The number of pyridine rings is 2. The monoisotopic (exact) mass is 527 g/mol. The fourth-order valence-corrected chi connectivity index (χ4v) is 3.44. The van der Waals surface area contributed by atoms with Gasteiger partial charge < -0.3 is 26.3 Å². The van der Waals surface area contributed by atoms with Crippen LogP contribution in [0.2, 0.25) is 0 Å². The Hall–Kier alpha value is -5.17.